The van der Waals surface area contributed by atoms with Crippen LogP contribution in [0.5, 0.6) is 0 Å². The molecular weight excluding hydrogens is 1120 g/mol. The van der Waals surface area contributed by atoms with E-state index >= 15 is 0 Å². The fourth-order valence-corrected chi connectivity index (χ4v) is 14.6. The van der Waals surface area contributed by atoms with Crippen molar-refractivity contribution >= 4 is 87.2 Å². The highest BCUT2D eigenvalue weighted by molar-refractivity contribution is 6.16. The molecular formula is C84H54N8. The number of hydrogen-bond donors (Lipinski definition) is 0. The van der Waals surface area contributed by atoms with Crippen LogP contribution in [0.15, 0.2) is 291 Å². The van der Waals surface area contributed by atoms with Gasteiger partial charge >= 0.3 is 0 Å². The molecule has 0 amide bonds. The average molecular weight is 1180 g/mol. The van der Waals surface area contributed by atoms with Crippen LogP contribution < -0.4 is 0 Å². The molecule has 8 heteroatoms. The quantitative estimate of drug-likeness (QED) is 0.144. The molecule has 0 aliphatic rings. The highest BCUT2D eigenvalue weighted by atomic mass is 15.1. The molecule has 0 aliphatic carbocycles. The van der Waals surface area contributed by atoms with E-state index in [-0.39, 0.29) is 0 Å². The van der Waals surface area contributed by atoms with E-state index in [9.17, 15) is 5.26 Å². The number of aromatic nitrogens is 7. The average Bonchev–Trinajstić information content (AvgIpc) is 1.28. The van der Waals surface area contributed by atoms with Crippen molar-refractivity contribution in [2.75, 3.05) is 0 Å². The zero-order valence-corrected chi connectivity index (χ0v) is 50.3. The number of benzene rings is 13. The second-order valence-electron chi connectivity index (χ2n) is 23.9. The largest absolute Gasteiger partial charge is 0.309 e. The molecule has 18 aromatic rings. The van der Waals surface area contributed by atoms with Crippen LogP contribution in [0, 0.1) is 25.2 Å². The van der Waals surface area contributed by atoms with Gasteiger partial charge < -0.3 is 18.3 Å². The number of nitrogens with zero attached hydrogens (tertiary/aromatic N) is 8. The fourth-order valence-electron chi connectivity index (χ4n) is 14.6. The van der Waals surface area contributed by atoms with Crippen LogP contribution >= 0.6 is 0 Å². The van der Waals surface area contributed by atoms with Crippen molar-refractivity contribution in [3.05, 3.63) is 308 Å². The molecule has 0 fully saturated rings. The minimum atomic E-state index is 0.411. The summed E-state index contributed by atoms with van der Waals surface area (Å²) >= 11 is 0. The Hall–Kier alpha value is -12.4. The lowest BCUT2D eigenvalue weighted by atomic mass is 9.85. The number of fused-ring (bicyclic) bond motifs is 12. The molecule has 0 radical (unpaired) electrons. The van der Waals surface area contributed by atoms with E-state index in [2.05, 4.69) is 293 Å². The van der Waals surface area contributed by atoms with Crippen molar-refractivity contribution < 1.29 is 0 Å². The SMILES string of the molecule is Cc1ccc2c(c1)c1ccccc1n2-c1ccc(-c2c(C#N)c(-n3c4ccccc4c4ccccc43)c(-c3nc(-c4ccccc4)nc(-c4ccccc4)n3)c(-c3ccc(-n4c5ccccc5c5cc(C)ccc54)cc3)c2-n2c3ccccc3c3ccccc32)cc1. The third kappa shape index (κ3) is 8.06. The second-order valence-corrected chi connectivity index (χ2v) is 23.9. The maximum Gasteiger partial charge on any atom is 0.166 e. The Morgan fingerprint density at radius 3 is 0.967 bits per heavy atom. The van der Waals surface area contributed by atoms with Gasteiger partial charge in [0.2, 0.25) is 0 Å². The minimum Gasteiger partial charge on any atom is -0.309 e. The van der Waals surface area contributed by atoms with Crippen molar-refractivity contribution in [2.45, 2.75) is 13.8 Å². The van der Waals surface area contributed by atoms with Crippen LogP contribution in [-0.2, 0) is 0 Å². The first-order valence-electron chi connectivity index (χ1n) is 31.2. The molecule has 430 valence electrons. The van der Waals surface area contributed by atoms with Crippen molar-refractivity contribution in [1.82, 2.24) is 33.2 Å². The first-order valence-corrected chi connectivity index (χ1v) is 31.2. The molecule has 0 N–H and O–H groups in total. The molecule has 0 atom stereocenters. The number of aryl methyl sites for hydroxylation is 2. The molecule has 0 saturated carbocycles. The summed E-state index contributed by atoms with van der Waals surface area (Å²) in [6.07, 6.45) is 0. The molecule has 13 aromatic carbocycles. The van der Waals surface area contributed by atoms with Gasteiger partial charge in [-0.1, -0.05) is 217 Å². The Balaban J connectivity index is 1.05. The maximum absolute atomic E-state index is 12.9. The van der Waals surface area contributed by atoms with Crippen LogP contribution in [0.25, 0.3) is 166 Å². The maximum atomic E-state index is 12.9. The van der Waals surface area contributed by atoms with Crippen LogP contribution in [0.4, 0.5) is 0 Å². The van der Waals surface area contributed by atoms with E-state index < -0.39 is 0 Å². The Kier molecular flexibility index (Phi) is 11.9. The van der Waals surface area contributed by atoms with E-state index in [0.29, 0.717) is 34.3 Å². The summed E-state index contributed by atoms with van der Waals surface area (Å²) < 4.78 is 9.44. The van der Waals surface area contributed by atoms with E-state index in [0.717, 1.165) is 116 Å². The van der Waals surface area contributed by atoms with Gasteiger partial charge in [-0.25, -0.2) is 15.0 Å². The summed E-state index contributed by atoms with van der Waals surface area (Å²) in [5.41, 5.74) is 20.3. The molecule has 0 unspecified atom stereocenters. The predicted octanol–water partition coefficient (Wildman–Crippen LogP) is 21.1. The molecule has 0 aliphatic heterocycles. The van der Waals surface area contributed by atoms with Crippen LogP contribution in [-0.4, -0.2) is 33.2 Å². The zero-order valence-electron chi connectivity index (χ0n) is 50.3. The van der Waals surface area contributed by atoms with Crippen molar-refractivity contribution in [2.24, 2.45) is 0 Å². The molecule has 8 nitrogen and oxygen atoms in total. The lowest BCUT2D eigenvalue weighted by Gasteiger charge is -2.27. The zero-order chi connectivity index (χ0) is 61.1. The Bertz CT molecular complexity index is 5910. The first kappa shape index (κ1) is 52.7. The Morgan fingerprint density at radius 1 is 0.261 bits per heavy atom. The van der Waals surface area contributed by atoms with Gasteiger partial charge in [0, 0.05) is 76.7 Å². The van der Waals surface area contributed by atoms with E-state index in [4.69, 9.17) is 15.0 Å². The second kappa shape index (κ2) is 20.8. The Morgan fingerprint density at radius 2 is 0.576 bits per heavy atom. The third-order valence-electron chi connectivity index (χ3n) is 18.6. The van der Waals surface area contributed by atoms with Crippen LogP contribution in [0.3, 0.4) is 0 Å². The summed E-state index contributed by atoms with van der Waals surface area (Å²) in [6.45, 7) is 4.31. The van der Waals surface area contributed by atoms with Crippen molar-refractivity contribution in [3.63, 3.8) is 0 Å². The van der Waals surface area contributed by atoms with Crippen LogP contribution in [0.1, 0.15) is 16.7 Å². The number of nitriles is 1. The van der Waals surface area contributed by atoms with Gasteiger partial charge in [0.25, 0.3) is 0 Å². The monoisotopic (exact) mass is 1170 g/mol. The standard InChI is InChI=1S/C84H54N8/c1-52-37-47-75-66(49-52)64-29-13-15-31-69(64)89(75)58-43-39-54(40-44-58)77-68(51-85)80(91-71-33-17-9-25-60(71)61-26-10-18-34-72(61)91)79(84-87-82(56-21-5-3-6-22-56)86-83(88-84)57-23-7-4-8-24-57)78(81(77)92-73-35-19-11-27-62(73)63-28-12-20-36-74(63)92)55-41-45-59(46-42-55)90-70-32-16-14-30-65(70)67-50-53(2)38-48-76(67)90/h3-50H,1-2H3. The number of rotatable bonds is 9. The van der Waals surface area contributed by atoms with Gasteiger partial charge in [0.05, 0.1) is 66.6 Å². The summed E-state index contributed by atoms with van der Waals surface area (Å²) in [5.74, 6) is 1.41. The van der Waals surface area contributed by atoms with Gasteiger partial charge in [-0.3, -0.25) is 0 Å². The normalized spacial score (nSPS) is 11.8. The van der Waals surface area contributed by atoms with Gasteiger partial charge in [-0.05, 0) is 110 Å². The smallest absolute Gasteiger partial charge is 0.166 e. The van der Waals surface area contributed by atoms with Gasteiger partial charge in [0.15, 0.2) is 17.5 Å². The van der Waals surface area contributed by atoms with E-state index in [1.165, 1.54) is 32.7 Å². The van der Waals surface area contributed by atoms with Gasteiger partial charge in [-0.15, -0.1) is 0 Å². The molecule has 5 heterocycles. The van der Waals surface area contributed by atoms with Gasteiger partial charge in [-0.2, -0.15) is 5.26 Å². The third-order valence-corrected chi connectivity index (χ3v) is 18.6. The highest BCUT2D eigenvalue weighted by Crippen LogP contribution is 2.52. The lowest BCUT2D eigenvalue weighted by molar-refractivity contribution is 1.06. The van der Waals surface area contributed by atoms with Crippen LogP contribution in [0.2, 0.25) is 0 Å². The summed E-state index contributed by atoms with van der Waals surface area (Å²) in [7, 11) is 0. The summed E-state index contributed by atoms with van der Waals surface area (Å²) in [4.78, 5) is 16.7. The molecule has 0 bridgehead atoms. The summed E-state index contributed by atoms with van der Waals surface area (Å²) in [6, 6.07) is 106. The van der Waals surface area contributed by atoms with Gasteiger partial charge in [0.1, 0.15) is 6.07 Å². The summed E-state index contributed by atoms with van der Waals surface area (Å²) in [5, 5.41) is 22.0. The molecule has 0 spiro atoms. The molecule has 92 heavy (non-hydrogen) atoms. The molecule has 0 saturated heterocycles. The number of hydrogen-bond acceptors (Lipinski definition) is 4. The molecule has 5 aromatic heterocycles. The number of para-hydroxylation sites is 6. The molecule has 18 rings (SSSR count). The minimum absolute atomic E-state index is 0.411. The predicted molar refractivity (Wildman–Crippen MR) is 379 cm³/mol. The topological polar surface area (TPSA) is 82.2 Å². The van der Waals surface area contributed by atoms with Crippen molar-refractivity contribution in [3.8, 4) is 85.2 Å². The fraction of sp³-hybridized carbons (Fsp3) is 0.0238. The first-order chi connectivity index (χ1) is 45.5. The Labute approximate surface area is 529 Å². The van der Waals surface area contributed by atoms with E-state index in [1.807, 2.05) is 36.4 Å². The van der Waals surface area contributed by atoms with E-state index in [1.54, 1.807) is 0 Å². The highest BCUT2D eigenvalue weighted by Gasteiger charge is 2.34. The van der Waals surface area contributed by atoms with Crippen molar-refractivity contribution in [1.29, 1.82) is 5.26 Å². The lowest BCUT2D eigenvalue weighted by Crippen LogP contribution is -2.12.